The molecule has 0 radical (unpaired) electrons. The maximum absolute atomic E-state index is 13.0. The number of alkyl halides is 3. The number of carbonyl (C=O) groups is 10. The van der Waals surface area contributed by atoms with Crippen LogP contribution in [0, 0.1) is 6.92 Å². The van der Waals surface area contributed by atoms with Crippen molar-refractivity contribution in [1.29, 1.82) is 0 Å². The molecule has 2 aliphatic carbocycles. The molecule has 137 heavy (non-hydrogen) atoms. The predicted octanol–water partition coefficient (Wildman–Crippen LogP) is 19.2. The van der Waals surface area contributed by atoms with Crippen LogP contribution in [0.1, 0.15) is 172 Å². The molecule has 11 heterocycles. The molecule has 7 aromatic carbocycles. The SMILES string of the molecule is Cc1ccc(CC(=O)C(=O)N2CCC3(CC2)OCc2cc(Cl)ccc23)cc1.O=C(Cc1ccc(Cl)cc1)C(=O)N1CCC2(CC1)OCc1cc(Cl)ccc12.O=C(Cc1ccc(Cl)cn1)C(=O)N1CCC2(CC1)OCc1cc(Cl)ccc12.O=C(Cc1ccc(Cl)cn1)C(=O)N1CCC2(CCc3cc(C(F)(F)F)ccc32)CC1.O=C(Cc1ccc(Cl)cn1)C(=O)N1CCC2(CCc3ccccc32)CC1. The molecule has 31 heteroatoms. The van der Waals surface area contributed by atoms with Crippen LogP contribution in [0.25, 0.3) is 0 Å². The lowest BCUT2D eigenvalue weighted by molar-refractivity contribution is -0.149. The summed E-state index contributed by atoms with van der Waals surface area (Å²) in [6.07, 6.45) is 11.1. The Bertz CT molecular complexity index is 5880. The van der Waals surface area contributed by atoms with E-state index in [1.165, 1.54) is 41.3 Å². The first-order valence-electron chi connectivity index (χ1n) is 46.0. The van der Waals surface area contributed by atoms with Gasteiger partial charge in [-0.1, -0.05) is 172 Å². The number of rotatable bonds is 15. The van der Waals surface area contributed by atoms with Gasteiger partial charge in [0, 0.05) is 134 Å². The minimum atomic E-state index is -4.35. The normalized spacial score (nSPS) is 17.8. The summed E-state index contributed by atoms with van der Waals surface area (Å²) in [5, 5.41) is 4.19. The molecule has 21 nitrogen and oxygen atoms in total. The lowest BCUT2D eigenvalue weighted by atomic mass is 9.73. The third-order valence-corrected chi connectivity index (χ3v) is 30.1. The fourth-order valence-electron chi connectivity index (χ4n) is 20.8. The molecule has 712 valence electrons. The average Bonchev–Trinajstić information content (AvgIpc) is 1.63. The summed E-state index contributed by atoms with van der Waals surface area (Å²) in [6.45, 7) is 8.79. The Hall–Kier alpha value is -10.6. The number of amides is 5. The first-order chi connectivity index (χ1) is 65.6. The minimum absolute atomic E-state index is 0.0184. The van der Waals surface area contributed by atoms with Crippen molar-refractivity contribution in [1.82, 2.24) is 39.5 Å². The van der Waals surface area contributed by atoms with Gasteiger partial charge >= 0.3 is 6.18 Å². The molecular weight excluding hydrogens is 1900 g/mol. The van der Waals surface area contributed by atoms with Crippen LogP contribution in [-0.4, -0.2) is 163 Å². The van der Waals surface area contributed by atoms with E-state index in [9.17, 15) is 61.1 Å². The Morgan fingerprint density at radius 3 is 0.934 bits per heavy atom. The van der Waals surface area contributed by atoms with Crippen LogP contribution in [0.2, 0.25) is 35.2 Å². The van der Waals surface area contributed by atoms with Gasteiger partial charge in [0.2, 0.25) is 28.9 Å². The van der Waals surface area contributed by atoms with Crippen LogP contribution >= 0.6 is 81.2 Å². The number of hydrogen-bond donors (Lipinski definition) is 0. The number of hydrogen-bond acceptors (Lipinski definition) is 16. The highest BCUT2D eigenvalue weighted by Crippen LogP contribution is 2.52. The Morgan fingerprint density at radius 2 is 0.599 bits per heavy atom. The van der Waals surface area contributed by atoms with Gasteiger partial charge in [0.15, 0.2) is 0 Å². The first kappa shape index (κ1) is 99.4. The molecule has 10 aliphatic rings. The zero-order chi connectivity index (χ0) is 96.7. The van der Waals surface area contributed by atoms with Crippen LogP contribution in [0.15, 0.2) is 201 Å². The van der Waals surface area contributed by atoms with E-state index in [1.807, 2.05) is 85.8 Å². The zero-order valence-corrected chi connectivity index (χ0v) is 80.6. The highest BCUT2D eigenvalue weighted by molar-refractivity contribution is 6.39. The van der Waals surface area contributed by atoms with Crippen molar-refractivity contribution in [3.8, 4) is 0 Å². The van der Waals surface area contributed by atoms with E-state index in [0.29, 0.717) is 195 Å². The number of fused-ring (bicyclic) bond motifs is 10. The molecule has 10 aromatic rings. The molecule has 5 saturated heterocycles. The fourth-order valence-corrected chi connectivity index (χ4v) is 21.8. The number of likely N-dealkylation sites (tertiary alicyclic amines) is 5. The fraction of sp³-hybridized carbons (Fsp3) is 0.368. The maximum Gasteiger partial charge on any atom is 0.416 e. The second-order valence-electron chi connectivity index (χ2n) is 36.8. The molecule has 3 aromatic heterocycles. The van der Waals surface area contributed by atoms with Crippen molar-refractivity contribution in [2.24, 2.45) is 0 Å². The third kappa shape index (κ3) is 23.0. The number of ether oxygens (including phenoxy) is 3. The number of benzene rings is 7. The van der Waals surface area contributed by atoms with Gasteiger partial charge in [0.1, 0.15) is 0 Å². The lowest BCUT2D eigenvalue weighted by Gasteiger charge is -2.40. The predicted molar refractivity (Wildman–Crippen MR) is 515 cm³/mol. The summed E-state index contributed by atoms with van der Waals surface area (Å²) >= 11 is 41.5. The molecule has 5 spiro atoms. The van der Waals surface area contributed by atoms with Gasteiger partial charge in [-0.15, -0.1) is 0 Å². The number of piperidine rings is 5. The largest absolute Gasteiger partial charge is 0.416 e. The molecule has 5 fully saturated rings. The van der Waals surface area contributed by atoms with Crippen molar-refractivity contribution in [3.63, 3.8) is 0 Å². The quantitative estimate of drug-likeness (QED) is 0.0865. The Balaban J connectivity index is 0.000000124. The summed E-state index contributed by atoms with van der Waals surface area (Å²) < 4.78 is 57.3. The second-order valence-corrected chi connectivity index (χ2v) is 39.9. The van der Waals surface area contributed by atoms with Crippen molar-refractivity contribution < 1.29 is 75.3 Å². The number of carbonyl (C=O) groups excluding carboxylic acids is 10. The molecule has 0 unspecified atom stereocenters. The number of Topliss-reactive ketones (excluding diaryl/α,β-unsaturated/α-hetero) is 5. The molecule has 8 aliphatic heterocycles. The van der Waals surface area contributed by atoms with Crippen molar-refractivity contribution in [3.05, 3.63) is 331 Å². The van der Waals surface area contributed by atoms with E-state index in [0.717, 1.165) is 93.8 Å². The lowest BCUT2D eigenvalue weighted by Crippen LogP contribution is -2.47. The number of ketones is 5. The van der Waals surface area contributed by atoms with Gasteiger partial charge in [0.05, 0.1) is 76.5 Å². The Labute approximate surface area is 827 Å². The van der Waals surface area contributed by atoms with E-state index < -0.39 is 52.6 Å². The Morgan fingerprint density at radius 1 is 0.307 bits per heavy atom. The van der Waals surface area contributed by atoms with Gasteiger partial charge in [-0.3, -0.25) is 62.9 Å². The number of aryl methyl sites for hydroxylation is 3. The maximum atomic E-state index is 13.0. The molecule has 5 amide bonds. The highest BCUT2D eigenvalue weighted by Gasteiger charge is 2.50. The topological polar surface area (TPSA) is 253 Å². The molecule has 0 atom stereocenters. The number of aromatic nitrogens is 3. The number of nitrogens with zero attached hydrogens (tertiary/aromatic N) is 8. The van der Waals surface area contributed by atoms with Crippen LogP contribution < -0.4 is 0 Å². The van der Waals surface area contributed by atoms with Gasteiger partial charge < -0.3 is 38.7 Å². The molecule has 0 N–H and O–H groups in total. The minimum Gasteiger partial charge on any atom is -0.365 e. The number of halogens is 10. The van der Waals surface area contributed by atoms with Crippen molar-refractivity contribution in [2.75, 3.05) is 65.4 Å². The van der Waals surface area contributed by atoms with Crippen molar-refractivity contribution >= 4 is 140 Å². The van der Waals surface area contributed by atoms with E-state index >= 15 is 0 Å². The Kier molecular flexibility index (Phi) is 30.9. The summed E-state index contributed by atoms with van der Waals surface area (Å²) in [7, 11) is 0. The standard InChI is InChI=1S/C22H20ClF3N2O2.C22H22ClNO3.C21H19Cl2NO3.C21H21ClN2O2.C20H18Cl2N2O3/c23-16-2-3-17(27-13-16)12-19(29)20(30)28-9-7-21(8-10-28)6-5-14-11-15(22(24,25)26)1-4-18(14)21;1-15-2-4-16(5-3-15)12-20(25)21(26)24-10-8-22(9-11-24)19-7-6-18(23)13-17(19)14-27-22;22-16-3-1-14(2-4-16)11-19(25)20(26)24-9-7-21(8-10-24)18-6-5-17(23)12-15(18)13-27-21;22-16-5-6-17(23-14-16)13-19(25)20(26)24-11-9-21(10-12-24)8-7-15-3-1-2-4-18(15)21;21-14-2-4-17-13(9-14)12-27-20(17)5-7-24(8-6-20)19(26)18(25)10-16-3-1-15(22)11-23-16/h1-4,11,13H,5-10,12H2;2-7,13H,8-12,14H2,1H3;1-6,12H,7-11,13H2;1-6,14H,7-13H2;1-4,9,11H,5-8,10,12H2. The van der Waals surface area contributed by atoms with Crippen molar-refractivity contribution in [2.45, 2.75) is 183 Å². The van der Waals surface area contributed by atoms with Gasteiger partial charge in [-0.25, -0.2) is 0 Å². The van der Waals surface area contributed by atoms with Crippen LogP contribution in [0.5, 0.6) is 0 Å². The van der Waals surface area contributed by atoms with E-state index in [4.69, 9.17) is 95.4 Å². The number of pyridine rings is 3. The van der Waals surface area contributed by atoms with Gasteiger partial charge in [-0.05, 0) is 271 Å². The van der Waals surface area contributed by atoms with Crippen LogP contribution in [0.4, 0.5) is 13.2 Å². The highest BCUT2D eigenvalue weighted by atomic mass is 35.5. The van der Waals surface area contributed by atoms with E-state index in [2.05, 4.69) is 39.2 Å². The first-order valence-corrected chi connectivity index (χ1v) is 48.6. The molecule has 20 rings (SSSR count). The van der Waals surface area contributed by atoms with Crippen LogP contribution in [0.3, 0.4) is 0 Å². The summed E-state index contributed by atoms with van der Waals surface area (Å²) in [5.74, 6) is -4.33. The van der Waals surface area contributed by atoms with Crippen LogP contribution in [-0.2, 0) is 161 Å². The summed E-state index contributed by atoms with van der Waals surface area (Å²) in [6, 6.07) is 54.8. The molecule has 0 bridgehead atoms. The smallest absolute Gasteiger partial charge is 0.365 e. The molecule has 0 saturated carbocycles. The molecular formula is C106H100Cl7F3N8O13. The second kappa shape index (κ2) is 42.6. The van der Waals surface area contributed by atoms with E-state index in [1.54, 1.807) is 91.2 Å². The van der Waals surface area contributed by atoms with Gasteiger partial charge in [-0.2, -0.15) is 13.2 Å². The van der Waals surface area contributed by atoms with E-state index in [-0.39, 0.29) is 77.3 Å². The summed E-state index contributed by atoms with van der Waals surface area (Å²) in [4.78, 5) is 145. The monoisotopic (exact) mass is 1990 g/mol. The average molecular weight is 2000 g/mol. The summed E-state index contributed by atoms with van der Waals surface area (Å²) in [5.41, 5.74) is 14.1. The van der Waals surface area contributed by atoms with Gasteiger partial charge in [0.25, 0.3) is 29.5 Å². The third-order valence-electron chi connectivity index (χ3n) is 28.5. The zero-order valence-electron chi connectivity index (χ0n) is 75.3.